The molecule has 0 unspecified atom stereocenters. The molecule has 142 valence electrons. The number of nitrogens with one attached hydrogen (secondary N) is 1. The fourth-order valence-corrected chi connectivity index (χ4v) is 5.42. The smallest absolute Gasteiger partial charge is 0.237 e. The molecule has 2 heterocycles. The normalized spacial score (nSPS) is 12.4. The van der Waals surface area contributed by atoms with E-state index < -0.39 is 0 Å². The Hall–Kier alpha value is -1.92. The molecule has 6 heteroatoms. The van der Waals surface area contributed by atoms with Crippen LogP contribution in [0.4, 0.5) is 5.69 Å². The van der Waals surface area contributed by atoms with E-state index in [1.54, 1.807) is 11.3 Å². The molecule has 0 saturated carbocycles. The summed E-state index contributed by atoms with van der Waals surface area (Å²) < 4.78 is 0. The van der Waals surface area contributed by atoms with E-state index >= 15 is 0 Å². The Morgan fingerprint density at radius 1 is 1.07 bits per heavy atom. The van der Waals surface area contributed by atoms with Crippen LogP contribution in [0.25, 0.3) is 10.2 Å². The molecule has 1 atom stereocenters. The highest BCUT2D eigenvalue weighted by molar-refractivity contribution is 8.00. The van der Waals surface area contributed by atoms with Gasteiger partial charge in [-0.05, 0) is 65.2 Å². The molecule has 2 aromatic heterocycles. The van der Waals surface area contributed by atoms with Gasteiger partial charge in [-0.25, -0.2) is 9.97 Å². The zero-order valence-corrected chi connectivity index (χ0v) is 18.5. The number of amides is 1. The lowest BCUT2D eigenvalue weighted by molar-refractivity contribution is -0.115. The third-order valence-corrected chi connectivity index (χ3v) is 6.88. The first-order valence-electron chi connectivity index (χ1n) is 8.97. The molecule has 4 nitrogen and oxygen atoms in total. The first kappa shape index (κ1) is 19.8. The number of thioether (sulfide) groups is 1. The summed E-state index contributed by atoms with van der Waals surface area (Å²) >= 11 is 3.19. The summed E-state index contributed by atoms with van der Waals surface area (Å²) in [7, 11) is 0. The van der Waals surface area contributed by atoms with Gasteiger partial charge in [-0.15, -0.1) is 11.3 Å². The van der Waals surface area contributed by atoms with E-state index in [0.29, 0.717) is 0 Å². The third kappa shape index (κ3) is 4.01. The maximum Gasteiger partial charge on any atom is 0.237 e. The van der Waals surface area contributed by atoms with Crippen molar-refractivity contribution in [2.45, 2.75) is 58.7 Å². The van der Waals surface area contributed by atoms with Gasteiger partial charge in [0.05, 0.1) is 5.25 Å². The van der Waals surface area contributed by atoms with Crippen LogP contribution in [0.2, 0.25) is 0 Å². The molecular weight excluding hydrogens is 374 g/mol. The number of carbonyl (C=O) groups is 1. The number of fused-ring (bicyclic) bond motifs is 1. The number of carbonyl (C=O) groups excluding carboxylic acids is 1. The highest BCUT2D eigenvalue weighted by atomic mass is 32.2. The molecule has 0 aliphatic carbocycles. The van der Waals surface area contributed by atoms with Crippen molar-refractivity contribution in [3.63, 3.8) is 0 Å². The van der Waals surface area contributed by atoms with E-state index in [0.717, 1.165) is 37.9 Å². The number of anilines is 1. The van der Waals surface area contributed by atoms with Crippen LogP contribution in [0.5, 0.6) is 0 Å². The van der Waals surface area contributed by atoms with E-state index in [2.05, 4.69) is 48.2 Å². The molecule has 27 heavy (non-hydrogen) atoms. The first-order valence-corrected chi connectivity index (χ1v) is 10.7. The molecular formula is C21H25N3OS2. The Balaban J connectivity index is 1.87. The average Bonchev–Trinajstić information content (AvgIpc) is 2.84. The van der Waals surface area contributed by atoms with Crippen molar-refractivity contribution in [3.8, 4) is 0 Å². The average molecular weight is 400 g/mol. The van der Waals surface area contributed by atoms with Gasteiger partial charge in [-0.1, -0.05) is 29.5 Å². The largest absolute Gasteiger partial charge is 0.325 e. The van der Waals surface area contributed by atoms with Crippen molar-refractivity contribution in [2.24, 2.45) is 0 Å². The van der Waals surface area contributed by atoms with Crippen LogP contribution in [0.3, 0.4) is 0 Å². The van der Waals surface area contributed by atoms with Crippen LogP contribution in [-0.4, -0.2) is 21.1 Å². The highest BCUT2D eigenvalue weighted by Gasteiger charge is 2.21. The summed E-state index contributed by atoms with van der Waals surface area (Å²) in [4.78, 5) is 24.3. The molecule has 1 aromatic carbocycles. The minimum atomic E-state index is -0.262. The van der Waals surface area contributed by atoms with E-state index in [1.165, 1.54) is 27.8 Å². The maximum atomic E-state index is 12.8. The van der Waals surface area contributed by atoms with Crippen molar-refractivity contribution in [2.75, 3.05) is 5.32 Å². The summed E-state index contributed by atoms with van der Waals surface area (Å²) in [6.07, 6.45) is 0. The number of aryl methyl sites for hydroxylation is 6. The Morgan fingerprint density at radius 3 is 2.33 bits per heavy atom. The number of thiophene rings is 1. The minimum absolute atomic E-state index is 0.0101. The molecule has 0 spiro atoms. The molecule has 0 saturated heterocycles. The van der Waals surface area contributed by atoms with Crippen LogP contribution >= 0.6 is 23.1 Å². The number of hydrogen-bond acceptors (Lipinski definition) is 5. The Kier molecular flexibility index (Phi) is 5.58. The number of benzene rings is 1. The number of hydrogen-bond donors (Lipinski definition) is 1. The summed E-state index contributed by atoms with van der Waals surface area (Å²) in [6, 6.07) is 4.18. The van der Waals surface area contributed by atoms with Crippen molar-refractivity contribution in [1.82, 2.24) is 9.97 Å². The van der Waals surface area contributed by atoms with Crippen molar-refractivity contribution < 1.29 is 4.79 Å². The van der Waals surface area contributed by atoms with Crippen LogP contribution in [-0.2, 0) is 4.79 Å². The number of rotatable bonds is 4. The minimum Gasteiger partial charge on any atom is -0.325 e. The lowest BCUT2D eigenvalue weighted by atomic mass is 10.1. The fraction of sp³-hybridized carbons (Fsp3) is 0.381. The van der Waals surface area contributed by atoms with E-state index in [-0.39, 0.29) is 11.2 Å². The topological polar surface area (TPSA) is 54.9 Å². The van der Waals surface area contributed by atoms with Gasteiger partial charge in [0.25, 0.3) is 0 Å². The molecule has 0 aliphatic heterocycles. The Bertz CT molecular complexity index is 1020. The number of nitrogens with zero attached hydrogens (tertiary/aromatic N) is 2. The van der Waals surface area contributed by atoms with Crippen LogP contribution in [0.15, 0.2) is 17.2 Å². The van der Waals surface area contributed by atoms with E-state index in [1.807, 2.05) is 27.7 Å². The van der Waals surface area contributed by atoms with Gasteiger partial charge in [0, 0.05) is 16.0 Å². The van der Waals surface area contributed by atoms with E-state index in [9.17, 15) is 4.79 Å². The zero-order chi connectivity index (χ0) is 19.9. The van der Waals surface area contributed by atoms with Crippen LogP contribution in [0, 0.1) is 41.5 Å². The molecule has 0 aliphatic rings. The Labute approximate surface area is 168 Å². The van der Waals surface area contributed by atoms with Crippen molar-refractivity contribution in [1.29, 1.82) is 0 Å². The molecule has 3 aromatic rings. The van der Waals surface area contributed by atoms with Crippen molar-refractivity contribution >= 4 is 44.9 Å². The molecule has 1 N–H and O–H groups in total. The van der Waals surface area contributed by atoms with Gasteiger partial charge < -0.3 is 5.32 Å². The van der Waals surface area contributed by atoms with Gasteiger partial charge in [-0.2, -0.15) is 0 Å². The standard InChI is InChI=1S/C21H25N3OS2/c1-10-8-11(2)18(12(3)9-10)24-19(25)15(6)27-21-17-13(4)14(5)26-20(17)22-16(7)23-21/h8-9,15H,1-7H3,(H,24,25)/t15-/m1/s1. The lowest BCUT2D eigenvalue weighted by Gasteiger charge is -2.16. The van der Waals surface area contributed by atoms with Crippen LogP contribution in [0.1, 0.15) is 39.9 Å². The summed E-state index contributed by atoms with van der Waals surface area (Å²) in [6.45, 7) is 14.2. The zero-order valence-electron chi connectivity index (χ0n) is 16.9. The monoisotopic (exact) mass is 399 g/mol. The van der Waals surface area contributed by atoms with Gasteiger partial charge in [0.15, 0.2) is 0 Å². The maximum absolute atomic E-state index is 12.8. The lowest BCUT2D eigenvalue weighted by Crippen LogP contribution is -2.23. The number of aromatic nitrogens is 2. The second kappa shape index (κ2) is 7.60. The van der Waals surface area contributed by atoms with Gasteiger partial charge in [0.2, 0.25) is 5.91 Å². The first-order chi connectivity index (χ1) is 12.7. The molecule has 3 rings (SSSR count). The third-order valence-electron chi connectivity index (χ3n) is 4.69. The van der Waals surface area contributed by atoms with Crippen LogP contribution < -0.4 is 5.32 Å². The second-order valence-electron chi connectivity index (χ2n) is 7.06. The van der Waals surface area contributed by atoms with Gasteiger partial charge >= 0.3 is 0 Å². The predicted molar refractivity (Wildman–Crippen MR) is 116 cm³/mol. The van der Waals surface area contributed by atoms with Gasteiger partial charge in [-0.3, -0.25) is 4.79 Å². The second-order valence-corrected chi connectivity index (χ2v) is 9.60. The van der Waals surface area contributed by atoms with E-state index in [4.69, 9.17) is 0 Å². The highest BCUT2D eigenvalue weighted by Crippen LogP contribution is 2.37. The molecule has 0 bridgehead atoms. The summed E-state index contributed by atoms with van der Waals surface area (Å²) in [5.41, 5.74) is 5.48. The summed E-state index contributed by atoms with van der Waals surface area (Å²) in [5, 5.41) is 4.81. The predicted octanol–water partition coefficient (Wildman–Crippen LogP) is 5.66. The summed E-state index contributed by atoms with van der Waals surface area (Å²) in [5.74, 6) is 0.730. The molecule has 0 radical (unpaired) electrons. The SMILES string of the molecule is Cc1cc(C)c(NC(=O)[C@@H](C)Sc2nc(C)nc3sc(C)c(C)c23)c(C)c1. The Morgan fingerprint density at radius 2 is 1.70 bits per heavy atom. The molecule has 0 fully saturated rings. The molecule has 1 amide bonds. The quantitative estimate of drug-likeness (QED) is 0.454. The van der Waals surface area contributed by atoms with Gasteiger partial charge in [0.1, 0.15) is 15.7 Å². The van der Waals surface area contributed by atoms with Crippen molar-refractivity contribution in [3.05, 3.63) is 45.1 Å². The fourth-order valence-electron chi connectivity index (χ4n) is 3.22.